The van der Waals surface area contributed by atoms with Crippen molar-refractivity contribution in [3.8, 4) is 0 Å². The van der Waals surface area contributed by atoms with E-state index in [9.17, 15) is 4.79 Å². The monoisotopic (exact) mass is 358 g/mol. The molecule has 0 aliphatic carbocycles. The first-order valence-corrected chi connectivity index (χ1v) is 7.73. The summed E-state index contributed by atoms with van der Waals surface area (Å²) in [5.41, 5.74) is 2.34. The zero-order valence-electron chi connectivity index (χ0n) is 11.4. The molecule has 3 aromatic rings. The van der Waals surface area contributed by atoms with Crippen LogP contribution in [-0.4, -0.2) is 5.78 Å². The molecule has 0 aliphatic heterocycles. The summed E-state index contributed by atoms with van der Waals surface area (Å²) in [6, 6.07) is 17.2. The molecule has 0 fully saturated rings. The van der Waals surface area contributed by atoms with Gasteiger partial charge in [0.15, 0.2) is 5.78 Å². The van der Waals surface area contributed by atoms with Crippen LogP contribution in [0, 0.1) is 6.92 Å². The molecule has 0 spiro atoms. The van der Waals surface area contributed by atoms with Crippen molar-refractivity contribution in [1.82, 2.24) is 0 Å². The van der Waals surface area contributed by atoms with Gasteiger partial charge in [-0.25, -0.2) is 0 Å². The Morgan fingerprint density at radius 1 is 1.05 bits per heavy atom. The molecule has 0 aliphatic rings. The van der Waals surface area contributed by atoms with Crippen molar-refractivity contribution in [3.05, 3.63) is 80.8 Å². The molecule has 3 heteroatoms. The van der Waals surface area contributed by atoms with Gasteiger partial charge in [-0.05, 0) is 57.4 Å². The van der Waals surface area contributed by atoms with Gasteiger partial charge in [-0.15, -0.1) is 0 Å². The highest BCUT2D eigenvalue weighted by Crippen LogP contribution is 2.29. The van der Waals surface area contributed by atoms with Crippen LogP contribution in [0.4, 0.5) is 0 Å². The summed E-state index contributed by atoms with van der Waals surface area (Å²) < 4.78 is 0.715. The molecule has 0 heterocycles. The summed E-state index contributed by atoms with van der Waals surface area (Å²) in [5, 5.41) is 2.65. The fraction of sp³-hybridized carbons (Fsp3) is 0.0556. The summed E-state index contributed by atoms with van der Waals surface area (Å²) in [5.74, 6) is 0.00726. The Bertz CT molecular complexity index is 855. The number of rotatable bonds is 2. The van der Waals surface area contributed by atoms with Gasteiger partial charge in [-0.2, -0.15) is 0 Å². The maximum atomic E-state index is 12.9. The summed E-state index contributed by atoms with van der Waals surface area (Å²) in [6.45, 7) is 1.96. The third-order valence-electron chi connectivity index (χ3n) is 3.54. The second-order valence-electron chi connectivity index (χ2n) is 4.93. The van der Waals surface area contributed by atoms with Crippen LogP contribution >= 0.6 is 27.5 Å². The summed E-state index contributed by atoms with van der Waals surface area (Å²) in [7, 11) is 0. The summed E-state index contributed by atoms with van der Waals surface area (Å²) >= 11 is 9.38. The molecule has 0 bridgehead atoms. The first kappa shape index (κ1) is 14.3. The van der Waals surface area contributed by atoms with Crippen molar-refractivity contribution in [2.75, 3.05) is 0 Å². The molecule has 0 saturated carbocycles. The number of halogens is 2. The molecule has 0 N–H and O–H groups in total. The summed E-state index contributed by atoms with van der Waals surface area (Å²) in [4.78, 5) is 12.9. The fourth-order valence-electron chi connectivity index (χ4n) is 2.49. The van der Waals surface area contributed by atoms with Crippen LogP contribution in [0.2, 0.25) is 5.02 Å². The van der Waals surface area contributed by atoms with Gasteiger partial charge in [0.2, 0.25) is 0 Å². The van der Waals surface area contributed by atoms with Gasteiger partial charge in [0, 0.05) is 20.6 Å². The topological polar surface area (TPSA) is 17.1 Å². The number of benzene rings is 3. The van der Waals surface area contributed by atoms with Crippen LogP contribution in [0.25, 0.3) is 10.8 Å². The molecule has 0 aromatic heterocycles. The Labute approximate surface area is 136 Å². The van der Waals surface area contributed by atoms with Gasteiger partial charge in [-0.1, -0.05) is 48.0 Å². The average molecular weight is 360 g/mol. The Balaban J connectivity index is 2.24. The lowest BCUT2D eigenvalue weighted by Gasteiger charge is -2.11. The van der Waals surface area contributed by atoms with E-state index in [2.05, 4.69) is 15.9 Å². The van der Waals surface area contributed by atoms with Crippen molar-refractivity contribution in [2.24, 2.45) is 0 Å². The lowest BCUT2D eigenvalue weighted by atomic mass is 9.93. The SMILES string of the molecule is Cc1ccc2ccccc2c1C(=O)c1ccc(Cl)cc1Br. The van der Waals surface area contributed by atoms with Crippen molar-refractivity contribution >= 4 is 44.1 Å². The number of carbonyl (C=O) groups excluding carboxylic acids is 1. The van der Waals surface area contributed by atoms with E-state index in [-0.39, 0.29) is 5.78 Å². The zero-order chi connectivity index (χ0) is 15.0. The van der Waals surface area contributed by atoms with Crippen molar-refractivity contribution in [2.45, 2.75) is 6.92 Å². The Kier molecular flexibility index (Phi) is 3.83. The number of fused-ring (bicyclic) bond motifs is 1. The van der Waals surface area contributed by atoms with Crippen LogP contribution in [0.15, 0.2) is 59.1 Å². The first-order chi connectivity index (χ1) is 10.1. The molecular weight excluding hydrogens is 348 g/mol. The largest absolute Gasteiger partial charge is 0.289 e. The van der Waals surface area contributed by atoms with Gasteiger partial charge < -0.3 is 0 Å². The number of aryl methyl sites for hydroxylation is 1. The smallest absolute Gasteiger partial charge is 0.195 e. The van der Waals surface area contributed by atoms with E-state index in [0.717, 1.165) is 21.9 Å². The van der Waals surface area contributed by atoms with Crippen LogP contribution < -0.4 is 0 Å². The zero-order valence-corrected chi connectivity index (χ0v) is 13.7. The molecule has 0 amide bonds. The van der Waals surface area contributed by atoms with Crippen molar-refractivity contribution in [3.63, 3.8) is 0 Å². The number of hydrogen-bond acceptors (Lipinski definition) is 1. The minimum absolute atomic E-state index is 0.00726. The first-order valence-electron chi connectivity index (χ1n) is 6.56. The predicted octanol–water partition coefficient (Wildman–Crippen LogP) is 5.80. The lowest BCUT2D eigenvalue weighted by molar-refractivity contribution is 0.103. The highest BCUT2D eigenvalue weighted by molar-refractivity contribution is 9.10. The minimum atomic E-state index is 0.00726. The van der Waals surface area contributed by atoms with Gasteiger partial charge in [-0.3, -0.25) is 4.79 Å². The van der Waals surface area contributed by atoms with Crippen LogP contribution in [0.1, 0.15) is 21.5 Å². The van der Waals surface area contributed by atoms with E-state index < -0.39 is 0 Å². The maximum absolute atomic E-state index is 12.9. The molecule has 1 nitrogen and oxygen atoms in total. The minimum Gasteiger partial charge on any atom is -0.289 e. The normalized spacial score (nSPS) is 10.8. The molecule has 0 radical (unpaired) electrons. The van der Waals surface area contributed by atoms with E-state index in [4.69, 9.17) is 11.6 Å². The summed E-state index contributed by atoms with van der Waals surface area (Å²) in [6.07, 6.45) is 0. The van der Waals surface area contributed by atoms with E-state index in [1.54, 1.807) is 18.2 Å². The van der Waals surface area contributed by atoms with E-state index in [0.29, 0.717) is 15.1 Å². The highest BCUT2D eigenvalue weighted by Gasteiger charge is 2.17. The van der Waals surface area contributed by atoms with Crippen LogP contribution in [0.5, 0.6) is 0 Å². The number of hydrogen-bond donors (Lipinski definition) is 0. The average Bonchev–Trinajstić information content (AvgIpc) is 2.46. The predicted molar refractivity (Wildman–Crippen MR) is 91.3 cm³/mol. The van der Waals surface area contributed by atoms with E-state index in [1.165, 1.54) is 0 Å². The maximum Gasteiger partial charge on any atom is 0.195 e. The highest BCUT2D eigenvalue weighted by atomic mass is 79.9. The molecule has 21 heavy (non-hydrogen) atoms. The van der Waals surface area contributed by atoms with Crippen molar-refractivity contribution < 1.29 is 4.79 Å². The Morgan fingerprint density at radius 3 is 2.57 bits per heavy atom. The van der Waals surface area contributed by atoms with E-state index in [1.807, 2.05) is 43.3 Å². The molecule has 3 rings (SSSR count). The Morgan fingerprint density at radius 2 is 1.81 bits per heavy atom. The van der Waals surface area contributed by atoms with Gasteiger partial charge >= 0.3 is 0 Å². The molecule has 0 unspecified atom stereocenters. The number of ketones is 1. The van der Waals surface area contributed by atoms with Crippen LogP contribution in [-0.2, 0) is 0 Å². The number of carbonyl (C=O) groups is 1. The second-order valence-corrected chi connectivity index (χ2v) is 6.22. The quantitative estimate of drug-likeness (QED) is 0.529. The van der Waals surface area contributed by atoms with Crippen molar-refractivity contribution in [1.29, 1.82) is 0 Å². The third-order valence-corrected chi connectivity index (χ3v) is 4.43. The Hall–Kier alpha value is -1.64. The molecule has 3 aromatic carbocycles. The molecule has 0 saturated heterocycles. The van der Waals surface area contributed by atoms with Gasteiger partial charge in [0.25, 0.3) is 0 Å². The van der Waals surface area contributed by atoms with Crippen LogP contribution in [0.3, 0.4) is 0 Å². The van der Waals surface area contributed by atoms with Gasteiger partial charge in [0.1, 0.15) is 0 Å². The molecule has 0 atom stereocenters. The second kappa shape index (κ2) is 5.63. The van der Waals surface area contributed by atoms with Gasteiger partial charge in [0.05, 0.1) is 0 Å². The standard InChI is InChI=1S/C18H12BrClO/c1-11-6-7-12-4-2-3-5-14(12)17(11)18(21)15-9-8-13(20)10-16(15)19/h2-10H,1H3. The molecular formula is C18H12BrClO. The molecule has 104 valence electrons. The lowest BCUT2D eigenvalue weighted by Crippen LogP contribution is -2.05. The fourth-order valence-corrected chi connectivity index (χ4v) is 3.35. The third kappa shape index (κ3) is 2.61. The van der Waals surface area contributed by atoms with E-state index >= 15 is 0 Å².